The lowest BCUT2D eigenvalue weighted by atomic mass is 9.98. The Balaban J connectivity index is 1.90. The Morgan fingerprint density at radius 1 is 1.04 bits per heavy atom. The van der Waals surface area contributed by atoms with E-state index in [2.05, 4.69) is 5.32 Å². The number of methoxy groups -OCH3 is 1. The minimum absolute atomic E-state index is 0.0594. The minimum Gasteiger partial charge on any atom is -0.497 e. The molecule has 0 aliphatic heterocycles. The Labute approximate surface area is 154 Å². The lowest BCUT2D eigenvalue weighted by Gasteiger charge is -2.19. The first kappa shape index (κ1) is 17.6. The first-order valence-electron chi connectivity index (χ1n) is 7.82. The van der Waals surface area contributed by atoms with Crippen LogP contribution in [0.4, 0.5) is 5.00 Å². The summed E-state index contributed by atoms with van der Waals surface area (Å²) in [6.07, 6.45) is 0. The molecule has 0 bridgehead atoms. The van der Waals surface area contributed by atoms with Crippen molar-refractivity contribution in [1.82, 2.24) is 5.32 Å². The molecule has 1 aromatic heterocycles. The van der Waals surface area contributed by atoms with E-state index in [4.69, 9.17) is 4.74 Å². The third-order valence-corrected chi connectivity index (χ3v) is 4.89. The Morgan fingerprint density at radius 2 is 1.69 bits per heavy atom. The predicted octanol–water partition coefficient (Wildman–Crippen LogP) is 4.18. The monoisotopic (exact) mass is 368 g/mol. The SMILES string of the molecule is COc1ccc(C(NC(=O)c2ccc([N+](=O)[O-])s2)c2ccccc2)cc1. The first-order valence-corrected chi connectivity index (χ1v) is 8.64. The second kappa shape index (κ2) is 7.79. The van der Waals surface area contributed by atoms with Gasteiger partial charge >= 0.3 is 5.00 Å². The van der Waals surface area contributed by atoms with E-state index in [0.717, 1.165) is 28.2 Å². The van der Waals surface area contributed by atoms with Crippen molar-refractivity contribution in [2.24, 2.45) is 0 Å². The summed E-state index contributed by atoms with van der Waals surface area (Å²) in [5.41, 5.74) is 1.80. The summed E-state index contributed by atoms with van der Waals surface area (Å²) in [7, 11) is 1.59. The fourth-order valence-electron chi connectivity index (χ4n) is 2.55. The van der Waals surface area contributed by atoms with Gasteiger partial charge in [0.05, 0.1) is 23.0 Å². The van der Waals surface area contributed by atoms with Gasteiger partial charge in [-0.3, -0.25) is 14.9 Å². The number of carbonyl (C=O) groups excluding carboxylic acids is 1. The van der Waals surface area contributed by atoms with E-state index in [9.17, 15) is 14.9 Å². The quantitative estimate of drug-likeness (QED) is 0.523. The van der Waals surface area contributed by atoms with Crippen molar-refractivity contribution in [3.05, 3.63) is 92.8 Å². The summed E-state index contributed by atoms with van der Waals surface area (Å²) in [5, 5.41) is 13.7. The molecule has 3 aromatic rings. The Hall–Kier alpha value is -3.19. The molecule has 1 atom stereocenters. The van der Waals surface area contributed by atoms with Crippen LogP contribution in [0.1, 0.15) is 26.8 Å². The molecule has 1 heterocycles. The van der Waals surface area contributed by atoms with Crippen LogP contribution >= 0.6 is 11.3 Å². The van der Waals surface area contributed by atoms with Crippen LogP contribution < -0.4 is 10.1 Å². The third kappa shape index (κ3) is 3.89. The number of nitrogens with zero attached hydrogens (tertiary/aromatic N) is 1. The second-order valence-corrected chi connectivity index (χ2v) is 6.55. The summed E-state index contributed by atoms with van der Waals surface area (Å²) in [5.74, 6) is 0.369. The van der Waals surface area contributed by atoms with Crippen molar-refractivity contribution < 1.29 is 14.5 Å². The van der Waals surface area contributed by atoms with Crippen LogP contribution in [0.25, 0.3) is 0 Å². The van der Waals surface area contributed by atoms with E-state index in [1.165, 1.54) is 12.1 Å². The highest BCUT2D eigenvalue weighted by molar-refractivity contribution is 7.17. The van der Waals surface area contributed by atoms with Crippen LogP contribution in [-0.4, -0.2) is 17.9 Å². The van der Waals surface area contributed by atoms with Gasteiger partial charge in [-0.15, -0.1) is 0 Å². The zero-order valence-electron chi connectivity index (χ0n) is 13.9. The van der Waals surface area contributed by atoms with Gasteiger partial charge in [0.15, 0.2) is 0 Å². The molecule has 6 nitrogen and oxygen atoms in total. The minimum atomic E-state index is -0.500. The van der Waals surface area contributed by atoms with Crippen molar-refractivity contribution in [3.63, 3.8) is 0 Å². The first-order chi connectivity index (χ1) is 12.6. The van der Waals surface area contributed by atoms with Crippen LogP contribution in [0.3, 0.4) is 0 Å². The highest BCUT2D eigenvalue weighted by atomic mass is 32.1. The van der Waals surface area contributed by atoms with Gasteiger partial charge in [0, 0.05) is 6.07 Å². The lowest BCUT2D eigenvalue weighted by molar-refractivity contribution is -0.380. The third-order valence-electron chi connectivity index (χ3n) is 3.85. The van der Waals surface area contributed by atoms with E-state index in [1.807, 2.05) is 54.6 Å². The number of amides is 1. The van der Waals surface area contributed by atoms with Crippen molar-refractivity contribution in [1.29, 1.82) is 0 Å². The van der Waals surface area contributed by atoms with Crippen molar-refractivity contribution in [2.75, 3.05) is 7.11 Å². The van der Waals surface area contributed by atoms with Crippen molar-refractivity contribution in [3.8, 4) is 5.75 Å². The number of nitrogens with one attached hydrogen (secondary N) is 1. The topological polar surface area (TPSA) is 81.5 Å². The standard InChI is InChI=1S/C19H16N2O4S/c1-25-15-9-7-14(8-10-15)18(13-5-3-2-4-6-13)20-19(22)16-11-12-17(26-16)21(23)24/h2-12,18H,1H3,(H,20,22). The number of rotatable bonds is 6. The van der Waals surface area contributed by atoms with E-state index in [1.54, 1.807) is 7.11 Å². The smallest absolute Gasteiger partial charge is 0.324 e. The zero-order chi connectivity index (χ0) is 18.5. The maximum atomic E-state index is 12.6. The van der Waals surface area contributed by atoms with E-state index in [-0.39, 0.29) is 17.0 Å². The van der Waals surface area contributed by atoms with Crippen molar-refractivity contribution >= 4 is 22.2 Å². The molecule has 1 unspecified atom stereocenters. The molecule has 0 spiro atoms. The molecule has 132 valence electrons. The van der Waals surface area contributed by atoms with Crippen LogP contribution in [-0.2, 0) is 0 Å². The molecule has 0 aliphatic carbocycles. The highest BCUT2D eigenvalue weighted by Gasteiger charge is 2.21. The van der Waals surface area contributed by atoms with Crippen molar-refractivity contribution in [2.45, 2.75) is 6.04 Å². The molecule has 3 rings (SSSR count). The molecule has 0 saturated carbocycles. The second-order valence-electron chi connectivity index (χ2n) is 5.49. The average molecular weight is 368 g/mol. The molecule has 7 heteroatoms. The largest absolute Gasteiger partial charge is 0.497 e. The summed E-state index contributed by atoms with van der Waals surface area (Å²) >= 11 is 0.856. The summed E-state index contributed by atoms with van der Waals surface area (Å²) < 4.78 is 5.18. The number of nitro groups is 1. The number of carbonyl (C=O) groups is 1. The maximum absolute atomic E-state index is 12.6. The molecule has 0 saturated heterocycles. The Kier molecular flexibility index (Phi) is 5.28. The molecule has 0 aliphatic rings. The van der Waals surface area contributed by atoms with E-state index >= 15 is 0 Å². The zero-order valence-corrected chi connectivity index (χ0v) is 14.7. The number of benzene rings is 2. The normalized spacial score (nSPS) is 11.6. The van der Waals surface area contributed by atoms with Gasteiger partial charge < -0.3 is 10.1 Å². The molecule has 0 fully saturated rings. The average Bonchev–Trinajstić information content (AvgIpc) is 3.17. The number of hydrogen-bond donors (Lipinski definition) is 1. The van der Waals surface area contributed by atoms with E-state index in [0.29, 0.717) is 4.88 Å². The Morgan fingerprint density at radius 3 is 2.27 bits per heavy atom. The van der Waals surface area contributed by atoms with Gasteiger partial charge in [0.25, 0.3) is 5.91 Å². The predicted molar refractivity (Wildman–Crippen MR) is 99.7 cm³/mol. The highest BCUT2D eigenvalue weighted by Crippen LogP contribution is 2.27. The van der Waals surface area contributed by atoms with Gasteiger partial charge in [-0.1, -0.05) is 53.8 Å². The fourth-order valence-corrected chi connectivity index (χ4v) is 3.27. The molecule has 2 aromatic carbocycles. The van der Waals surface area contributed by atoms with Gasteiger partial charge in [-0.25, -0.2) is 0 Å². The molecule has 0 radical (unpaired) electrons. The Bertz CT molecular complexity index is 907. The molecular formula is C19H16N2O4S. The lowest BCUT2D eigenvalue weighted by Crippen LogP contribution is -2.28. The fraction of sp³-hybridized carbons (Fsp3) is 0.105. The van der Waals surface area contributed by atoms with Gasteiger partial charge in [0.2, 0.25) is 0 Å². The maximum Gasteiger partial charge on any atom is 0.324 e. The summed E-state index contributed by atoms with van der Waals surface area (Å²) in [4.78, 5) is 23.2. The molecule has 26 heavy (non-hydrogen) atoms. The number of ether oxygens (including phenoxy) is 1. The van der Waals surface area contributed by atoms with Crippen LogP contribution in [0.5, 0.6) is 5.75 Å². The van der Waals surface area contributed by atoms with Crippen LogP contribution in [0.15, 0.2) is 66.7 Å². The van der Waals surface area contributed by atoms with Crippen LogP contribution in [0, 0.1) is 10.1 Å². The van der Waals surface area contributed by atoms with Crippen LogP contribution in [0.2, 0.25) is 0 Å². The summed E-state index contributed by atoms with van der Waals surface area (Å²) in [6.45, 7) is 0. The van der Waals surface area contributed by atoms with Gasteiger partial charge in [-0.2, -0.15) is 0 Å². The van der Waals surface area contributed by atoms with Gasteiger partial charge in [-0.05, 0) is 29.3 Å². The van der Waals surface area contributed by atoms with Gasteiger partial charge in [0.1, 0.15) is 5.75 Å². The number of thiophene rings is 1. The molecule has 1 N–H and O–H groups in total. The molecular weight excluding hydrogens is 352 g/mol. The van der Waals surface area contributed by atoms with E-state index < -0.39 is 4.92 Å². The summed E-state index contributed by atoms with van der Waals surface area (Å²) in [6, 6.07) is 19.4. The molecule has 1 amide bonds. The number of hydrogen-bond acceptors (Lipinski definition) is 5.